The van der Waals surface area contributed by atoms with Gasteiger partial charge in [-0.05, 0) is 53.9 Å². The van der Waals surface area contributed by atoms with Gasteiger partial charge in [0.05, 0.1) is 24.8 Å². The summed E-state index contributed by atoms with van der Waals surface area (Å²) in [6, 6.07) is 19.3. The number of furan rings is 1. The summed E-state index contributed by atoms with van der Waals surface area (Å²) in [5, 5.41) is 9.55. The first kappa shape index (κ1) is 20.9. The molecular weight excluding hydrogens is 410 g/mol. The molecule has 31 heavy (non-hydrogen) atoms. The van der Waals surface area contributed by atoms with Gasteiger partial charge >= 0.3 is 0 Å². The first-order valence-corrected chi connectivity index (χ1v) is 11.0. The van der Waals surface area contributed by atoms with Gasteiger partial charge in [0.2, 0.25) is 5.78 Å². The summed E-state index contributed by atoms with van der Waals surface area (Å²) in [5.41, 5.74) is 3.09. The fourth-order valence-corrected chi connectivity index (χ4v) is 4.14. The number of ether oxygens (including phenoxy) is 1. The minimum atomic E-state index is -0.0901. The van der Waals surface area contributed by atoms with Gasteiger partial charge in [-0.25, -0.2) is 0 Å². The van der Waals surface area contributed by atoms with Gasteiger partial charge in [0.15, 0.2) is 16.7 Å². The van der Waals surface area contributed by atoms with Crippen molar-refractivity contribution in [1.82, 2.24) is 14.8 Å². The third-order valence-corrected chi connectivity index (χ3v) is 5.84. The van der Waals surface area contributed by atoms with Crippen molar-refractivity contribution >= 4 is 17.5 Å². The molecule has 2 aromatic carbocycles. The second-order valence-electron chi connectivity index (χ2n) is 7.27. The maximum Gasteiger partial charge on any atom is 0.208 e. The summed E-state index contributed by atoms with van der Waals surface area (Å²) in [7, 11) is 1.64. The maximum absolute atomic E-state index is 12.5. The van der Waals surface area contributed by atoms with Crippen molar-refractivity contribution in [3.8, 4) is 22.8 Å². The lowest BCUT2D eigenvalue weighted by Crippen LogP contribution is -2.07. The fraction of sp³-hybridized carbons (Fsp3) is 0.208. The molecule has 0 saturated carbocycles. The summed E-state index contributed by atoms with van der Waals surface area (Å²) in [4.78, 5) is 12.5. The zero-order valence-electron chi connectivity index (χ0n) is 17.6. The van der Waals surface area contributed by atoms with Crippen LogP contribution >= 0.6 is 11.8 Å². The fourth-order valence-electron chi connectivity index (χ4n) is 3.33. The van der Waals surface area contributed by atoms with Crippen molar-refractivity contribution < 1.29 is 13.9 Å². The third kappa shape index (κ3) is 4.41. The van der Waals surface area contributed by atoms with Crippen LogP contribution in [0.25, 0.3) is 17.1 Å². The van der Waals surface area contributed by atoms with Crippen LogP contribution in [0.15, 0.2) is 76.5 Å². The van der Waals surface area contributed by atoms with Crippen LogP contribution in [-0.2, 0) is 0 Å². The molecule has 6 nitrogen and oxygen atoms in total. The number of aromatic nitrogens is 3. The Balaban J connectivity index is 1.76. The highest BCUT2D eigenvalue weighted by molar-refractivity contribution is 7.99. The number of Topliss-reactive ketones (excluding diaryl/α,β-unsaturated/α-hetero) is 1. The van der Waals surface area contributed by atoms with Crippen molar-refractivity contribution in [3.05, 3.63) is 78.3 Å². The van der Waals surface area contributed by atoms with E-state index in [2.05, 4.69) is 36.2 Å². The molecule has 7 heteroatoms. The topological polar surface area (TPSA) is 70.2 Å². The Morgan fingerprint density at radius 1 is 1.06 bits per heavy atom. The summed E-state index contributed by atoms with van der Waals surface area (Å²) < 4.78 is 12.5. The molecule has 0 aliphatic heterocycles. The van der Waals surface area contributed by atoms with Gasteiger partial charge in [0, 0.05) is 5.56 Å². The standard InChI is InChI=1S/C24H23N3O3S/c1-16(2)19-7-4-5-8-20(19)27-23(17-10-12-18(29-3)13-11-17)25-26-24(27)31-15-21(28)22-9-6-14-30-22/h4-14,16H,15H2,1-3H3. The Morgan fingerprint density at radius 2 is 1.84 bits per heavy atom. The van der Waals surface area contributed by atoms with Gasteiger partial charge in [-0.1, -0.05) is 43.8 Å². The average Bonchev–Trinajstić information content (AvgIpc) is 3.48. The van der Waals surface area contributed by atoms with E-state index in [9.17, 15) is 4.79 Å². The summed E-state index contributed by atoms with van der Waals surface area (Å²) in [6.45, 7) is 4.31. The van der Waals surface area contributed by atoms with E-state index in [0.717, 1.165) is 17.0 Å². The van der Waals surface area contributed by atoms with Crippen molar-refractivity contribution in [2.75, 3.05) is 12.9 Å². The zero-order chi connectivity index (χ0) is 21.8. The number of rotatable bonds is 8. The summed E-state index contributed by atoms with van der Waals surface area (Å²) >= 11 is 1.35. The van der Waals surface area contributed by atoms with E-state index in [-0.39, 0.29) is 11.5 Å². The van der Waals surface area contributed by atoms with E-state index in [0.29, 0.717) is 22.7 Å². The Hall–Kier alpha value is -3.32. The molecule has 0 radical (unpaired) electrons. The normalized spacial score (nSPS) is 11.1. The number of carbonyl (C=O) groups is 1. The third-order valence-electron chi connectivity index (χ3n) is 4.91. The van der Waals surface area contributed by atoms with Gasteiger partial charge in [-0.3, -0.25) is 9.36 Å². The second kappa shape index (κ2) is 9.22. The number of nitrogens with zero attached hydrogens (tertiary/aromatic N) is 3. The monoisotopic (exact) mass is 433 g/mol. The molecule has 0 aliphatic rings. The van der Waals surface area contributed by atoms with Crippen LogP contribution in [0, 0.1) is 0 Å². The number of hydrogen-bond donors (Lipinski definition) is 0. The number of ketones is 1. The van der Waals surface area contributed by atoms with Crippen LogP contribution in [0.2, 0.25) is 0 Å². The van der Waals surface area contributed by atoms with E-state index < -0.39 is 0 Å². The van der Waals surface area contributed by atoms with E-state index in [1.165, 1.54) is 23.6 Å². The van der Waals surface area contributed by atoms with Crippen LogP contribution in [0.1, 0.15) is 35.9 Å². The molecule has 0 amide bonds. The van der Waals surface area contributed by atoms with Crippen LogP contribution in [0.3, 0.4) is 0 Å². The molecule has 4 aromatic rings. The summed E-state index contributed by atoms with van der Waals surface area (Å²) in [5.74, 6) is 2.26. The Kier molecular flexibility index (Phi) is 6.23. The Morgan fingerprint density at radius 3 is 2.52 bits per heavy atom. The minimum absolute atomic E-state index is 0.0901. The zero-order valence-corrected chi connectivity index (χ0v) is 18.4. The Bertz CT molecular complexity index is 1170. The van der Waals surface area contributed by atoms with Crippen molar-refractivity contribution in [3.63, 3.8) is 0 Å². The predicted molar refractivity (Wildman–Crippen MR) is 121 cm³/mol. The molecule has 0 atom stereocenters. The molecule has 158 valence electrons. The van der Waals surface area contributed by atoms with Crippen LogP contribution in [0.5, 0.6) is 5.75 Å². The smallest absolute Gasteiger partial charge is 0.208 e. The lowest BCUT2D eigenvalue weighted by Gasteiger charge is -2.17. The highest BCUT2D eigenvalue weighted by Gasteiger charge is 2.21. The van der Waals surface area contributed by atoms with Crippen LogP contribution in [-0.4, -0.2) is 33.4 Å². The highest BCUT2D eigenvalue weighted by atomic mass is 32.2. The van der Waals surface area contributed by atoms with Gasteiger partial charge in [0.1, 0.15) is 5.75 Å². The Labute approximate surface area is 185 Å². The average molecular weight is 434 g/mol. The van der Waals surface area contributed by atoms with Gasteiger partial charge in [-0.2, -0.15) is 0 Å². The van der Waals surface area contributed by atoms with E-state index >= 15 is 0 Å². The van der Waals surface area contributed by atoms with E-state index in [4.69, 9.17) is 9.15 Å². The first-order chi connectivity index (χ1) is 15.1. The largest absolute Gasteiger partial charge is 0.497 e. The molecule has 2 aromatic heterocycles. The highest BCUT2D eigenvalue weighted by Crippen LogP contribution is 2.33. The molecule has 0 fully saturated rings. The lowest BCUT2D eigenvalue weighted by atomic mass is 10.0. The molecule has 0 saturated heterocycles. The number of benzene rings is 2. The van der Waals surface area contributed by atoms with Gasteiger partial charge < -0.3 is 9.15 Å². The SMILES string of the molecule is COc1ccc(-c2nnc(SCC(=O)c3ccco3)n2-c2ccccc2C(C)C)cc1. The first-order valence-electron chi connectivity index (χ1n) is 9.97. The molecule has 0 spiro atoms. The maximum atomic E-state index is 12.5. The molecule has 2 heterocycles. The predicted octanol–water partition coefficient (Wildman–Crippen LogP) is 5.63. The molecule has 4 rings (SSSR count). The van der Waals surface area contributed by atoms with Crippen molar-refractivity contribution in [2.24, 2.45) is 0 Å². The van der Waals surface area contributed by atoms with Crippen LogP contribution in [0.4, 0.5) is 0 Å². The molecular formula is C24H23N3O3S. The molecule has 0 bridgehead atoms. The molecule has 0 aliphatic carbocycles. The van der Waals surface area contributed by atoms with Crippen molar-refractivity contribution in [2.45, 2.75) is 24.9 Å². The van der Waals surface area contributed by atoms with Crippen LogP contribution < -0.4 is 4.74 Å². The number of thioether (sulfide) groups is 1. The number of carbonyl (C=O) groups excluding carboxylic acids is 1. The summed E-state index contributed by atoms with van der Waals surface area (Å²) in [6.07, 6.45) is 1.50. The quantitative estimate of drug-likeness (QED) is 0.265. The van der Waals surface area contributed by atoms with Gasteiger partial charge in [-0.15, -0.1) is 10.2 Å². The van der Waals surface area contributed by atoms with E-state index in [1.54, 1.807) is 19.2 Å². The lowest BCUT2D eigenvalue weighted by molar-refractivity contribution is 0.0992. The molecule has 0 N–H and O–H groups in total. The second-order valence-corrected chi connectivity index (χ2v) is 8.22. The number of hydrogen-bond acceptors (Lipinski definition) is 6. The number of para-hydroxylation sites is 1. The number of methoxy groups -OCH3 is 1. The van der Waals surface area contributed by atoms with Crippen molar-refractivity contribution in [1.29, 1.82) is 0 Å². The molecule has 0 unspecified atom stereocenters. The minimum Gasteiger partial charge on any atom is -0.497 e. The van der Waals surface area contributed by atoms with E-state index in [1.807, 2.05) is 41.0 Å². The van der Waals surface area contributed by atoms with Gasteiger partial charge in [0.25, 0.3) is 0 Å².